The highest BCUT2D eigenvalue weighted by Crippen LogP contribution is 2.26. The van der Waals surface area contributed by atoms with Gasteiger partial charge in [0.05, 0.1) is 5.56 Å². The van der Waals surface area contributed by atoms with Crippen molar-refractivity contribution in [3.8, 4) is 11.1 Å². The lowest BCUT2D eigenvalue weighted by Crippen LogP contribution is -1.95. The predicted molar refractivity (Wildman–Crippen MR) is 110 cm³/mol. The van der Waals surface area contributed by atoms with E-state index in [2.05, 4.69) is 60.7 Å². The number of hydrogen-bond donors (Lipinski definition) is 1. The number of carbonyl (C=O) groups is 1. The number of hydrogen-bond acceptors (Lipinski definition) is 1. The first-order valence-electron chi connectivity index (χ1n) is 9.09. The lowest BCUT2D eigenvalue weighted by molar-refractivity contribution is 0.0697. The Morgan fingerprint density at radius 3 is 2.00 bits per heavy atom. The topological polar surface area (TPSA) is 37.3 Å². The van der Waals surface area contributed by atoms with E-state index in [4.69, 9.17) is 5.11 Å². The number of fused-ring (bicyclic) bond motifs is 1. The average molecular weight is 352 g/mol. The number of carboxylic acids is 1. The summed E-state index contributed by atoms with van der Waals surface area (Å²) in [6.07, 6.45) is 2.07. The van der Waals surface area contributed by atoms with Gasteiger partial charge in [-0.2, -0.15) is 0 Å². The summed E-state index contributed by atoms with van der Waals surface area (Å²) < 4.78 is 0. The van der Waals surface area contributed by atoms with Crippen molar-refractivity contribution < 1.29 is 9.90 Å². The van der Waals surface area contributed by atoms with Crippen molar-refractivity contribution in [3.05, 3.63) is 108 Å². The maximum atomic E-state index is 11.0. The molecule has 1 N–H and O–H groups in total. The van der Waals surface area contributed by atoms with E-state index in [1.165, 1.54) is 21.9 Å². The molecule has 0 saturated heterocycles. The van der Waals surface area contributed by atoms with Crippen molar-refractivity contribution in [1.82, 2.24) is 0 Å². The van der Waals surface area contributed by atoms with Crippen LogP contribution in [0, 0.1) is 0 Å². The Kier molecular flexibility index (Phi) is 4.71. The van der Waals surface area contributed by atoms with Crippen LogP contribution in [0.4, 0.5) is 0 Å². The van der Waals surface area contributed by atoms with E-state index in [9.17, 15) is 4.79 Å². The summed E-state index contributed by atoms with van der Waals surface area (Å²) in [5.41, 5.74) is 5.12. The molecular formula is C25H20O2. The Morgan fingerprint density at radius 2 is 1.26 bits per heavy atom. The zero-order valence-electron chi connectivity index (χ0n) is 14.9. The number of benzene rings is 4. The molecule has 0 aliphatic heterocycles. The van der Waals surface area contributed by atoms with Gasteiger partial charge in [0.25, 0.3) is 0 Å². The van der Waals surface area contributed by atoms with Gasteiger partial charge >= 0.3 is 5.97 Å². The highest BCUT2D eigenvalue weighted by Gasteiger charge is 2.05. The fourth-order valence-electron chi connectivity index (χ4n) is 3.37. The molecule has 0 fully saturated rings. The molecule has 4 rings (SSSR count). The van der Waals surface area contributed by atoms with E-state index in [1.54, 1.807) is 12.1 Å². The summed E-state index contributed by atoms with van der Waals surface area (Å²) in [6, 6.07) is 30.6. The molecule has 2 nitrogen and oxygen atoms in total. The zero-order chi connectivity index (χ0) is 18.6. The van der Waals surface area contributed by atoms with Crippen LogP contribution in [0.25, 0.3) is 21.9 Å². The van der Waals surface area contributed by atoms with E-state index in [1.807, 2.05) is 18.2 Å². The van der Waals surface area contributed by atoms with Crippen LogP contribution >= 0.6 is 0 Å². The van der Waals surface area contributed by atoms with E-state index >= 15 is 0 Å². The Balaban J connectivity index is 1.55. The smallest absolute Gasteiger partial charge is 0.335 e. The van der Waals surface area contributed by atoms with Crippen LogP contribution in [0.1, 0.15) is 21.5 Å². The Morgan fingerprint density at radius 1 is 0.630 bits per heavy atom. The molecule has 4 aromatic rings. The minimum absolute atomic E-state index is 0.308. The molecule has 132 valence electrons. The highest BCUT2D eigenvalue weighted by molar-refractivity contribution is 5.90. The van der Waals surface area contributed by atoms with Gasteiger partial charge in [-0.25, -0.2) is 4.79 Å². The maximum Gasteiger partial charge on any atom is 0.335 e. The summed E-state index contributed by atoms with van der Waals surface area (Å²) in [4.78, 5) is 11.0. The summed E-state index contributed by atoms with van der Waals surface area (Å²) >= 11 is 0. The van der Waals surface area contributed by atoms with Gasteiger partial charge in [0.2, 0.25) is 0 Å². The van der Waals surface area contributed by atoms with Crippen molar-refractivity contribution in [2.24, 2.45) is 0 Å². The van der Waals surface area contributed by atoms with Gasteiger partial charge in [0.15, 0.2) is 0 Å². The number of rotatable bonds is 5. The SMILES string of the molecule is O=C(O)c1ccc(-c2ccc3cc(CCc4ccccc4)ccc3c2)cc1. The van der Waals surface area contributed by atoms with Crippen LogP contribution in [-0.4, -0.2) is 11.1 Å². The van der Waals surface area contributed by atoms with Gasteiger partial charge in [-0.15, -0.1) is 0 Å². The minimum atomic E-state index is -0.900. The van der Waals surface area contributed by atoms with Crippen molar-refractivity contribution in [2.75, 3.05) is 0 Å². The van der Waals surface area contributed by atoms with Gasteiger partial charge in [-0.3, -0.25) is 0 Å². The van der Waals surface area contributed by atoms with E-state index in [-0.39, 0.29) is 0 Å². The van der Waals surface area contributed by atoms with Crippen LogP contribution < -0.4 is 0 Å². The fourth-order valence-corrected chi connectivity index (χ4v) is 3.37. The molecule has 0 bridgehead atoms. The lowest BCUT2D eigenvalue weighted by Gasteiger charge is -2.07. The van der Waals surface area contributed by atoms with Gasteiger partial charge in [-0.1, -0.05) is 72.8 Å². The molecule has 0 aromatic heterocycles. The molecule has 0 radical (unpaired) electrons. The molecule has 0 saturated carbocycles. The third kappa shape index (κ3) is 3.90. The third-order valence-electron chi connectivity index (χ3n) is 4.92. The van der Waals surface area contributed by atoms with E-state index in [0.717, 1.165) is 24.0 Å². The first-order chi connectivity index (χ1) is 13.2. The quantitative estimate of drug-likeness (QED) is 0.479. The van der Waals surface area contributed by atoms with Gasteiger partial charge in [0, 0.05) is 0 Å². The first-order valence-corrected chi connectivity index (χ1v) is 9.09. The monoisotopic (exact) mass is 352 g/mol. The normalized spacial score (nSPS) is 10.8. The summed E-state index contributed by atoms with van der Waals surface area (Å²) in [5, 5.41) is 11.5. The molecule has 0 heterocycles. The summed E-state index contributed by atoms with van der Waals surface area (Å²) in [7, 11) is 0. The second-order valence-electron chi connectivity index (χ2n) is 6.76. The van der Waals surface area contributed by atoms with E-state index < -0.39 is 5.97 Å². The fraction of sp³-hybridized carbons (Fsp3) is 0.0800. The van der Waals surface area contributed by atoms with Crippen LogP contribution in [0.3, 0.4) is 0 Å². The Hall–Kier alpha value is -3.39. The number of aromatic carboxylic acids is 1. The molecular weight excluding hydrogens is 332 g/mol. The van der Waals surface area contributed by atoms with Gasteiger partial charge in [-0.05, 0) is 64.1 Å². The van der Waals surface area contributed by atoms with Crippen LogP contribution in [0.5, 0.6) is 0 Å². The number of carboxylic acid groups (broad SMARTS) is 1. The van der Waals surface area contributed by atoms with Crippen LogP contribution in [0.15, 0.2) is 91.0 Å². The van der Waals surface area contributed by atoms with Crippen LogP contribution in [0.2, 0.25) is 0 Å². The maximum absolute atomic E-state index is 11.0. The average Bonchev–Trinajstić information content (AvgIpc) is 2.72. The van der Waals surface area contributed by atoms with Crippen LogP contribution in [-0.2, 0) is 12.8 Å². The zero-order valence-corrected chi connectivity index (χ0v) is 14.9. The molecule has 0 aliphatic carbocycles. The Labute approximate surface area is 158 Å². The summed E-state index contributed by atoms with van der Waals surface area (Å²) in [5.74, 6) is -0.900. The molecule has 27 heavy (non-hydrogen) atoms. The van der Waals surface area contributed by atoms with E-state index in [0.29, 0.717) is 5.56 Å². The van der Waals surface area contributed by atoms with Crippen molar-refractivity contribution >= 4 is 16.7 Å². The molecule has 0 unspecified atom stereocenters. The largest absolute Gasteiger partial charge is 0.478 e. The van der Waals surface area contributed by atoms with Crippen molar-refractivity contribution in [3.63, 3.8) is 0 Å². The minimum Gasteiger partial charge on any atom is -0.478 e. The Bertz CT molecular complexity index is 1080. The third-order valence-corrected chi connectivity index (χ3v) is 4.92. The predicted octanol–water partition coefficient (Wildman–Crippen LogP) is 5.99. The molecule has 2 heteroatoms. The standard InChI is InChI=1S/C25H20O2/c26-25(27)21-12-10-20(11-13-21)23-15-14-22-16-19(8-9-24(22)17-23)7-6-18-4-2-1-3-5-18/h1-5,8-17H,6-7H2,(H,26,27). The molecule has 0 amide bonds. The lowest BCUT2D eigenvalue weighted by atomic mass is 9.97. The van der Waals surface area contributed by atoms with Crippen molar-refractivity contribution in [1.29, 1.82) is 0 Å². The molecule has 0 atom stereocenters. The molecule has 4 aromatic carbocycles. The molecule has 0 aliphatic rings. The second kappa shape index (κ2) is 7.46. The van der Waals surface area contributed by atoms with Crippen molar-refractivity contribution in [2.45, 2.75) is 12.8 Å². The number of aryl methyl sites for hydroxylation is 2. The summed E-state index contributed by atoms with van der Waals surface area (Å²) in [6.45, 7) is 0. The first kappa shape index (κ1) is 17.0. The second-order valence-corrected chi connectivity index (χ2v) is 6.76. The highest BCUT2D eigenvalue weighted by atomic mass is 16.4. The van der Waals surface area contributed by atoms with Gasteiger partial charge in [0.1, 0.15) is 0 Å². The molecule has 0 spiro atoms. The van der Waals surface area contributed by atoms with Gasteiger partial charge < -0.3 is 5.11 Å².